The molecule has 0 aliphatic heterocycles. The normalized spacial score (nSPS) is 13.4. The Morgan fingerprint density at radius 2 is 2.15 bits per heavy atom. The number of aryl methyl sites for hydroxylation is 4. The van der Waals surface area contributed by atoms with Crippen molar-refractivity contribution in [1.82, 2.24) is 14.5 Å². The summed E-state index contributed by atoms with van der Waals surface area (Å²) in [6, 6.07) is 6.18. The fourth-order valence-corrected chi connectivity index (χ4v) is 5.08. The van der Waals surface area contributed by atoms with E-state index in [2.05, 4.69) is 23.0 Å². The molecule has 1 aromatic carbocycles. The third-order valence-electron chi connectivity index (χ3n) is 5.19. The van der Waals surface area contributed by atoms with Crippen molar-refractivity contribution in [3.63, 3.8) is 0 Å². The van der Waals surface area contributed by atoms with Gasteiger partial charge in [-0.2, -0.15) is 0 Å². The summed E-state index contributed by atoms with van der Waals surface area (Å²) < 4.78 is 7.32. The number of nitrogens with zero attached hydrogens (tertiary/aromatic N) is 3. The van der Waals surface area contributed by atoms with Gasteiger partial charge in [0.2, 0.25) is 5.89 Å². The van der Waals surface area contributed by atoms with E-state index in [0.29, 0.717) is 12.4 Å². The Kier molecular flexibility index (Phi) is 3.75. The standard InChI is InChI=1S/C21H19N3O2S/c1-12-6-7-15(13(2)8-12)19-23-14(10-26-19)9-24-11-22-20-18(21(24)25)16-4-3-5-17(16)27-20/h6-8,10-11H,3-5,9H2,1-2H3. The van der Waals surface area contributed by atoms with Gasteiger partial charge in [0.25, 0.3) is 5.56 Å². The number of hydrogen-bond donors (Lipinski definition) is 0. The molecule has 6 heteroatoms. The van der Waals surface area contributed by atoms with Gasteiger partial charge in [0.1, 0.15) is 11.1 Å². The molecule has 5 rings (SSSR count). The van der Waals surface area contributed by atoms with Crippen LogP contribution in [0.5, 0.6) is 0 Å². The molecule has 0 saturated carbocycles. The monoisotopic (exact) mass is 377 g/mol. The van der Waals surface area contributed by atoms with Gasteiger partial charge in [0.05, 0.1) is 24.0 Å². The van der Waals surface area contributed by atoms with Gasteiger partial charge in [0.15, 0.2) is 0 Å². The molecule has 0 N–H and O–H groups in total. The predicted molar refractivity (Wildman–Crippen MR) is 106 cm³/mol. The molecule has 0 saturated heterocycles. The van der Waals surface area contributed by atoms with Crippen molar-refractivity contribution >= 4 is 21.6 Å². The van der Waals surface area contributed by atoms with Crippen molar-refractivity contribution in [3.05, 3.63) is 68.4 Å². The molecular formula is C21H19N3O2S. The van der Waals surface area contributed by atoms with Crippen LogP contribution in [0.3, 0.4) is 0 Å². The quantitative estimate of drug-likeness (QED) is 0.535. The zero-order valence-electron chi connectivity index (χ0n) is 15.3. The largest absolute Gasteiger partial charge is 0.444 e. The summed E-state index contributed by atoms with van der Waals surface area (Å²) in [5.41, 5.74) is 5.26. The second-order valence-corrected chi connectivity index (χ2v) is 8.26. The van der Waals surface area contributed by atoms with E-state index < -0.39 is 0 Å². The zero-order valence-corrected chi connectivity index (χ0v) is 16.1. The highest BCUT2D eigenvalue weighted by molar-refractivity contribution is 7.18. The molecule has 1 aliphatic rings. The first-order chi connectivity index (χ1) is 13.1. The molecule has 27 heavy (non-hydrogen) atoms. The lowest BCUT2D eigenvalue weighted by atomic mass is 10.1. The van der Waals surface area contributed by atoms with Crippen LogP contribution in [-0.2, 0) is 19.4 Å². The fourth-order valence-electron chi connectivity index (χ4n) is 3.86. The topological polar surface area (TPSA) is 60.9 Å². The summed E-state index contributed by atoms with van der Waals surface area (Å²) in [5.74, 6) is 0.584. The highest BCUT2D eigenvalue weighted by atomic mass is 32.1. The Morgan fingerprint density at radius 1 is 1.26 bits per heavy atom. The van der Waals surface area contributed by atoms with Crippen molar-refractivity contribution in [1.29, 1.82) is 0 Å². The lowest BCUT2D eigenvalue weighted by Crippen LogP contribution is -2.21. The van der Waals surface area contributed by atoms with E-state index in [4.69, 9.17) is 4.42 Å². The average Bonchev–Trinajstić information content (AvgIpc) is 3.33. The first-order valence-corrected chi connectivity index (χ1v) is 9.93. The maximum absolute atomic E-state index is 13.0. The molecule has 4 aromatic rings. The summed E-state index contributed by atoms with van der Waals surface area (Å²) in [7, 11) is 0. The Bertz CT molecular complexity index is 1230. The number of benzene rings is 1. The summed E-state index contributed by atoms with van der Waals surface area (Å²) >= 11 is 1.66. The predicted octanol–water partition coefficient (Wildman–Crippen LogP) is 4.27. The van der Waals surface area contributed by atoms with Crippen molar-refractivity contribution in [2.75, 3.05) is 0 Å². The van der Waals surface area contributed by atoms with Crippen LogP contribution in [0.4, 0.5) is 0 Å². The molecule has 136 valence electrons. The highest BCUT2D eigenvalue weighted by Crippen LogP contribution is 2.34. The van der Waals surface area contributed by atoms with Crippen LogP contribution in [0.15, 0.2) is 40.0 Å². The molecule has 0 bridgehead atoms. The van der Waals surface area contributed by atoms with Crippen LogP contribution in [-0.4, -0.2) is 14.5 Å². The van der Waals surface area contributed by atoms with Crippen molar-refractivity contribution < 1.29 is 4.42 Å². The van der Waals surface area contributed by atoms with Crippen LogP contribution in [0, 0.1) is 13.8 Å². The van der Waals surface area contributed by atoms with E-state index in [1.165, 1.54) is 16.0 Å². The minimum atomic E-state index is 0.0236. The minimum absolute atomic E-state index is 0.0236. The second-order valence-electron chi connectivity index (χ2n) is 7.18. The Morgan fingerprint density at radius 3 is 3.00 bits per heavy atom. The van der Waals surface area contributed by atoms with Gasteiger partial charge in [-0.1, -0.05) is 17.7 Å². The molecule has 0 fully saturated rings. The molecule has 0 radical (unpaired) electrons. The summed E-state index contributed by atoms with van der Waals surface area (Å²) in [6.07, 6.45) is 6.44. The van der Waals surface area contributed by atoms with E-state index in [-0.39, 0.29) is 5.56 Å². The number of rotatable bonds is 3. The Labute approximate surface area is 160 Å². The van der Waals surface area contributed by atoms with E-state index in [1.54, 1.807) is 28.5 Å². The number of hydrogen-bond acceptors (Lipinski definition) is 5. The third kappa shape index (κ3) is 2.72. The highest BCUT2D eigenvalue weighted by Gasteiger charge is 2.21. The molecule has 1 aliphatic carbocycles. The van der Waals surface area contributed by atoms with E-state index >= 15 is 0 Å². The zero-order chi connectivity index (χ0) is 18.5. The van der Waals surface area contributed by atoms with Gasteiger partial charge in [0, 0.05) is 10.4 Å². The number of thiophene rings is 1. The van der Waals surface area contributed by atoms with E-state index in [1.807, 2.05) is 19.1 Å². The van der Waals surface area contributed by atoms with Crippen molar-refractivity contribution in [2.24, 2.45) is 0 Å². The maximum Gasteiger partial charge on any atom is 0.262 e. The summed E-state index contributed by atoms with van der Waals surface area (Å²) in [4.78, 5) is 24.3. The van der Waals surface area contributed by atoms with E-state index in [0.717, 1.165) is 46.3 Å². The molecule has 5 nitrogen and oxygen atoms in total. The molecular weight excluding hydrogens is 358 g/mol. The van der Waals surface area contributed by atoms with Crippen LogP contribution in [0.2, 0.25) is 0 Å². The molecule has 0 unspecified atom stereocenters. The minimum Gasteiger partial charge on any atom is -0.444 e. The van der Waals surface area contributed by atoms with Crippen molar-refractivity contribution in [3.8, 4) is 11.5 Å². The first-order valence-electron chi connectivity index (χ1n) is 9.12. The number of oxazole rings is 1. The van der Waals surface area contributed by atoms with Crippen LogP contribution >= 0.6 is 11.3 Å². The van der Waals surface area contributed by atoms with Gasteiger partial charge >= 0.3 is 0 Å². The molecule has 0 amide bonds. The average molecular weight is 377 g/mol. The molecule has 0 spiro atoms. The molecule has 3 aromatic heterocycles. The van der Waals surface area contributed by atoms with Crippen LogP contribution in [0.1, 0.15) is 33.7 Å². The van der Waals surface area contributed by atoms with Gasteiger partial charge in [-0.05, 0) is 50.3 Å². The maximum atomic E-state index is 13.0. The van der Waals surface area contributed by atoms with Gasteiger partial charge < -0.3 is 4.42 Å². The van der Waals surface area contributed by atoms with Gasteiger partial charge in [-0.15, -0.1) is 11.3 Å². The molecule has 0 atom stereocenters. The van der Waals surface area contributed by atoms with E-state index in [9.17, 15) is 4.79 Å². The lowest BCUT2D eigenvalue weighted by molar-refractivity contribution is 0.570. The number of fused-ring (bicyclic) bond motifs is 3. The first kappa shape index (κ1) is 16.4. The fraction of sp³-hybridized carbons (Fsp3) is 0.286. The second kappa shape index (κ2) is 6.16. The smallest absolute Gasteiger partial charge is 0.262 e. The number of aromatic nitrogens is 3. The van der Waals surface area contributed by atoms with Gasteiger partial charge in [-0.3, -0.25) is 9.36 Å². The Balaban J connectivity index is 1.50. The third-order valence-corrected chi connectivity index (χ3v) is 6.39. The SMILES string of the molecule is Cc1ccc(-c2nc(Cn3cnc4sc5c(c4c3=O)CCC5)co2)c(C)c1. The van der Waals surface area contributed by atoms with Crippen LogP contribution in [0.25, 0.3) is 21.7 Å². The molecule has 3 heterocycles. The Hall–Kier alpha value is -2.73. The van der Waals surface area contributed by atoms with Crippen LogP contribution < -0.4 is 5.56 Å². The van der Waals surface area contributed by atoms with Gasteiger partial charge in [-0.25, -0.2) is 9.97 Å². The lowest BCUT2D eigenvalue weighted by Gasteiger charge is -2.03. The van der Waals surface area contributed by atoms with Crippen molar-refractivity contribution in [2.45, 2.75) is 39.7 Å². The summed E-state index contributed by atoms with van der Waals surface area (Å²) in [5, 5.41) is 0.799. The summed E-state index contributed by atoms with van der Waals surface area (Å²) in [6.45, 7) is 4.47.